The van der Waals surface area contributed by atoms with Gasteiger partial charge in [0.2, 0.25) is 5.91 Å². The molecule has 0 aliphatic rings. The Labute approximate surface area is 309 Å². The molecule has 4 atom stereocenters. The first-order chi connectivity index (χ1) is 25.4. The molecule has 1 aromatic heterocycles. The molecular formula is C38H47F2N5O7S. The second-order valence-electron chi connectivity index (χ2n) is 12.6. The molecule has 2 aromatic carbocycles. The third-order valence-electron chi connectivity index (χ3n) is 8.40. The average molecular weight is 756 g/mol. The third-order valence-corrected chi connectivity index (χ3v) is 10.7. The molecule has 0 bridgehead atoms. The number of ether oxygens (including phenoxy) is 1. The van der Waals surface area contributed by atoms with E-state index in [1.54, 1.807) is 30.3 Å². The number of benzene rings is 2. The van der Waals surface area contributed by atoms with Gasteiger partial charge < -0.3 is 25.8 Å². The number of hydrogen-bond acceptors (Lipinski definition) is 9. The molecule has 15 heteroatoms. The Kier molecular flexibility index (Phi) is 17.4. The summed E-state index contributed by atoms with van der Waals surface area (Å²) in [6.45, 7) is 3.58. The number of hydrogen-bond donors (Lipinski definition) is 4. The van der Waals surface area contributed by atoms with Crippen molar-refractivity contribution < 1.29 is 41.4 Å². The standard InChI is InChI=1S/C38H47F2N5O7S/c1-3-11-31(12-4-2)53(50,51)25-33(45-36(47)28-15-10-17-42-24-28)37(48)44-32(21-27-19-29(39)22-30(40)20-27)34(46)35(52-18-9-8-16-41)38(49)43-23-26-13-6-5-7-14-26/h5-7,10,13-15,17,19-20,22,24,31-35,46H,3-4,8-9,11-12,18,21,23,25H2,1-2H3,(H,43,49)(H,44,48)(H,45,47)/t32-,33?,34+,35+/m0/s1. The highest BCUT2D eigenvalue weighted by Crippen LogP contribution is 2.19. The van der Waals surface area contributed by atoms with Gasteiger partial charge in [-0.25, -0.2) is 17.2 Å². The summed E-state index contributed by atoms with van der Waals surface area (Å²) in [6.07, 6.45) is 0.768. The number of nitrogens with zero attached hydrogens (tertiary/aromatic N) is 2. The maximum Gasteiger partial charge on any atom is 0.253 e. The number of aliphatic hydroxyl groups is 1. The first-order valence-corrected chi connectivity index (χ1v) is 19.3. The van der Waals surface area contributed by atoms with Gasteiger partial charge in [-0.15, -0.1) is 0 Å². The number of carbonyl (C=O) groups excluding carboxylic acids is 3. The molecule has 0 aliphatic carbocycles. The minimum absolute atomic E-state index is 0.00528. The molecule has 0 saturated carbocycles. The molecule has 3 amide bonds. The summed E-state index contributed by atoms with van der Waals surface area (Å²) in [5.41, 5.74) is 0.778. The summed E-state index contributed by atoms with van der Waals surface area (Å²) in [7, 11) is -3.99. The topological polar surface area (TPSA) is 188 Å². The van der Waals surface area contributed by atoms with Gasteiger partial charge in [-0.05, 0) is 61.1 Å². The van der Waals surface area contributed by atoms with E-state index in [1.165, 1.54) is 24.5 Å². The molecule has 4 N–H and O–H groups in total. The lowest BCUT2D eigenvalue weighted by Gasteiger charge is -2.31. The van der Waals surface area contributed by atoms with Gasteiger partial charge in [-0.1, -0.05) is 57.0 Å². The number of rotatable bonds is 22. The lowest BCUT2D eigenvalue weighted by Crippen LogP contribution is -2.59. The number of unbranched alkanes of at least 4 members (excludes halogenated alkanes) is 1. The summed E-state index contributed by atoms with van der Waals surface area (Å²) >= 11 is 0. The van der Waals surface area contributed by atoms with Crippen molar-refractivity contribution in [3.8, 4) is 6.07 Å². The minimum atomic E-state index is -3.99. The number of halogens is 2. The number of aliphatic hydroxyl groups excluding tert-OH is 1. The highest BCUT2D eigenvalue weighted by molar-refractivity contribution is 7.92. The van der Waals surface area contributed by atoms with Crippen LogP contribution in [-0.2, 0) is 37.1 Å². The predicted molar refractivity (Wildman–Crippen MR) is 194 cm³/mol. The molecule has 1 heterocycles. The van der Waals surface area contributed by atoms with E-state index < -0.39 is 80.9 Å². The van der Waals surface area contributed by atoms with Crippen LogP contribution in [0.15, 0.2) is 73.1 Å². The van der Waals surface area contributed by atoms with Crippen molar-refractivity contribution in [3.05, 3.63) is 101 Å². The Morgan fingerprint density at radius 1 is 0.943 bits per heavy atom. The van der Waals surface area contributed by atoms with E-state index in [9.17, 15) is 36.7 Å². The fourth-order valence-corrected chi connectivity index (χ4v) is 7.91. The second-order valence-corrected chi connectivity index (χ2v) is 15.0. The van der Waals surface area contributed by atoms with E-state index in [2.05, 4.69) is 20.9 Å². The number of pyridine rings is 1. The van der Waals surface area contributed by atoms with Gasteiger partial charge in [0.1, 0.15) is 23.8 Å². The van der Waals surface area contributed by atoms with Gasteiger partial charge in [0.05, 0.1) is 28.7 Å². The van der Waals surface area contributed by atoms with Crippen LogP contribution in [0, 0.1) is 23.0 Å². The maximum absolute atomic E-state index is 14.3. The maximum atomic E-state index is 14.3. The number of aromatic nitrogens is 1. The molecular weight excluding hydrogens is 709 g/mol. The summed E-state index contributed by atoms with van der Waals surface area (Å²) in [6, 6.07) is 13.2. The number of nitriles is 1. The number of carbonyl (C=O) groups is 3. The summed E-state index contributed by atoms with van der Waals surface area (Å²) in [4.78, 5) is 44.8. The van der Waals surface area contributed by atoms with E-state index in [0.29, 0.717) is 31.7 Å². The van der Waals surface area contributed by atoms with Gasteiger partial charge >= 0.3 is 0 Å². The van der Waals surface area contributed by atoms with Crippen LogP contribution in [0.25, 0.3) is 0 Å². The van der Waals surface area contributed by atoms with E-state index in [4.69, 9.17) is 10.00 Å². The van der Waals surface area contributed by atoms with Gasteiger partial charge in [0.25, 0.3) is 11.8 Å². The van der Waals surface area contributed by atoms with Crippen LogP contribution in [0.4, 0.5) is 8.78 Å². The molecule has 3 aromatic rings. The Morgan fingerprint density at radius 2 is 1.62 bits per heavy atom. The molecule has 3 rings (SSSR count). The highest BCUT2D eigenvalue weighted by Gasteiger charge is 2.38. The van der Waals surface area contributed by atoms with Gasteiger partial charge in [0.15, 0.2) is 15.9 Å². The second kappa shape index (κ2) is 21.7. The molecule has 1 unspecified atom stereocenters. The fraction of sp³-hybridized carbons (Fsp3) is 0.447. The SMILES string of the molecule is CCCC(CCC)S(=O)(=O)CC(NC(=O)c1cccnc1)C(=O)N[C@@H](Cc1cc(F)cc(F)c1)[C@@H](O)[C@@H](OCCCC#N)C(=O)NCc1ccccc1. The van der Waals surface area contributed by atoms with Crippen molar-refractivity contribution in [2.45, 2.75) is 94.9 Å². The molecule has 0 fully saturated rings. The van der Waals surface area contributed by atoms with Crippen LogP contribution >= 0.6 is 0 Å². The third kappa shape index (κ3) is 13.9. The minimum Gasteiger partial charge on any atom is -0.388 e. The Hall–Kier alpha value is -4.78. The zero-order valence-corrected chi connectivity index (χ0v) is 30.7. The number of nitrogens with one attached hydrogen (secondary N) is 3. The first-order valence-electron chi connectivity index (χ1n) is 17.5. The number of sulfone groups is 1. The Bertz CT molecular complexity index is 1750. The zero-order valence-electron chi connectivity index (χ0n) is 29.8. The Balaban J connectivity index is 2.01. The predicted octanol–water partition coefficient (Wildman–Crippen LogP) is 3.94. The van der Waals surface area contributed by atoms with E-state index in [-0.39, 0.29) is 37.1 Å². The van der Waals surface area contributed by atoms with Crippen molar-refractivity contribution in [1.29, 1.82) is 5.26 Å². The van der Waals surface area contributed by atoms with E-state index >= 15 is 0 Å². The van der Waals surface area contributed by atoms with Crippen LogP contribution in [0.5, 0.6) is 0 Å². The van der Waals surface area contributed by atoms with E-state index in [1.807, 2.05) is 19.9 Å². The highest BCUT2D eigenvalue weighted by atomic mass is 32.2. The first kappa shape index (κ1) is 42.6. The zero-order chi connectivity index (χ0) is 38.8. The molecule has 53 heavy (non-hydrogen) atoms. The lowest BCUT2D eigenvalue weighted by molar-refractivity contribution is -0.144. The van der Waals surface area contributed by atoms with Crippen LogP contribution < -0.4 is 16.0 Å². The largest absolute Gasteiger partial charge is 0.388 e. The van der Waals surface area contributed by atoms with Crippen molar-refractivity contribution in [1.82, 2.24) is 20.9 Å². The average Bonchev–Trinajstić information content (AvgIpc) is 3.13. The molecule has 286 valence electrons. The van der Waals surface area contributed by atoms with Gasteiger partial charge in [-0.3, -0.25) is 19.4 Å². The van der Waals surface area contributed by atoms with Crippen molar-refractivity contribution in [2.75, 3.05) is 12.4 Å². The van der Waals surface area contributed by atoms with Crippen molar-refractivity contribution in [2.24, 2.45) is 0 Å². The van der Waals surface area contributed by atoms with Crippen LogP contribution in [0.2, 0.25) is 0 Å². The molecule has 0 spiro atoms. The fourth-order valence-electron chi connectivity index (χ4n) is 5.75. The molecule has 0 radical (unpaired) electrons. The molecule has 0 saturated heterocycles. The van der Waals surface area contributed by atoms with Crippen LogP contribution in [0.1, 0.15) is 73.9 Å². The lowest BCUT2D eigenvalue weighted by atomic mass is 9.96. The van der Waals surface area contributed by atoms with Gasteiger partial charge in [-0.2, -0.15) is 5.26 Å². The smallest absolute Gasteiger partial charge is 0.253 e. The summed E-state index contributed by atoms with van der Waals surface area (Å²) in [5, 5.41) is 27.7. The van der Waals surface area contributed by atoms with Crippen LogP contribution in [-0.4, -0.2) is 78.1 Å². The monoisotopic (exact) mass is 755 g/mol. The summed E-state index contributed by atoms with van der Waals surface area (Å²) in [5.74, 6) is -5.27. The quantitative estimate of drug-likeness (QED) is 0.110. The van der Waals surface area contributed by atoms with Crippen LogP contribution in [0.3, 0.4) is 0 Å². The van der Waals surface area contributed by atoms with Gasteiger partial charge in [0, 0.05) is 38.0 Å². The van der Waals surface area contributed by atoms with Crippen molar-refractivity contribution in [3.63, 3.8) is 0 Å². The summed E-state index contributed by atoms with van der Waals surface area (Å²) < 4.78 is 61.8. The van der Waals surface area contributed by atoms with E-state index in [0.717, 1.165) is 17.7 Å². The normalized spacial score (nSPS) is 13.7. The molecule has 12 nitrogen and oxygen atoms in total. The molecule has 0 aliphatic heterocycles. The number of amides is 3. The Morgan fingerprint density at radius 3 is 2.23 bits per heavy atom. The van der Waals surface area contributed by atoms with Crippen molar-refractivity contribution >= 4 is 27.6 Å².